The first-order valence-electron chi connectivity index (χ1n) is 7.46. The van der Waals surface area contributed by atoms with Crippen LogP contribution < -0.4 is 15.0 Å². The van der Waals surface area contributed by atoms with Gasteiger partial charge in [0.15, 0.2) is 0 Å². The fourth-order valence-corrected chi connectivity index (χ4v) is 3.16. The zero-order valence-corrected chi connectivity index (χ0v) is 11.9. The highest BCUT2D eigenvalue weighted by molar-refractivity contribution is 5.59. The molecule has 3 heteroatoms. The van der Waals surface area contributed by atoms with Gasteiger partial charge >= 0.3 is 0 Å². The van der Waals surface area contributed by atoms with Crippen LogP contribution in [0.4, 0.5) is 5.69 Å². The summed E-state index contributed by atoms with van der Waals surface area (Å²) in [4.78, 5) is 2.55. The summed E-state index contributed by atoms with van der Waals surface area (Å²) in [5, 5.41) is 3.74. The second-order valence-corrected chi connectivity index (χ2v) is 5.74. The van der Waals surface area contributed by atoms with E-state index in [1.165, 1.54) is 24.9 Å². The first-order valence-corrected chi connectivity index (χ1v) is 7.46. The lowest BCUT2D eigenvalue weighted by Crippen LogP contribution is -2.57. The third-order valence-electron chi connectivity index (χ3n) is 4.51. The quantitative estimate of drug-likeness (QED) is 0.901. The maximum absolute atomic E-state index is 5.54. The molecule has 2 aliphatic rings. The lowest BCUT2D eigenvalue weighted by Gasteiger charge is -2.42. The van der Waals surface area contributed by atoms with Gasteiger partial charge < -0.3 is 15.0 Å². The van der Waals surface area contributed by atoms with Crippen LogP contribution in [-0.2, 0) is 0 Å². The van der Waals surface area contributed by atoms with Crippen molar-refractivity contribution in [3.8, 4) is 5.75 Å². The predicted octanol–water partition coefficient (Wildman–Crippen LogP) is 2.66. The lowest BCUT2D eigenvalue weighted by atomic mass is 10.0. The smallest absolute Gasteiger partial charge is 0.142 e. The van der Waals surface area contributed by atoms with Crippen LogP contribution in [0.2, 0.25) is 0 Å². The summed E-state index contributed by atoms with van der Waals surface area (Å²) in [7, 11) is 1.76. The number of hydrogen-bond acceptors (Lipinski definition) is 3. The summed E-state index contributed by atoms with van der Waals surface area (Å²) >= 11 is 0. The minimum absolute atomic E-state index is 0.575. The highest BCUT2D eigenvalue weighted by atomic mass is 16.5. The number of ether oxygens (including phenoxy) is 1. The SMILES string of the molecule is CCC1CNC(C2CC2)CN1c1ccccc1OC. The van der Waals surface area contributed by atoms with Crippen molar-refractivity contribution in [3.05, 3.63) is 24.3 Å². The van der Waals surface area contributed by atoms with Gasteiger partial charge in [-0.2, -0.15) is 0 Å². The van der Waals surface area contributed by atoms with Crippen molar-refractivity contribution in [3.63, 3.8) is 0 Å². The number of para-hydroxylation sites is 2. The summed E-state index contributed by atoms with van der Waals surface area (Å²) < 4.78 is 5.54. The van der Waals surface area contributed by atoms with E-state index >= 15 is 0 Å². The van der Waals surface area contributed by atoms with Gasteiger partial charge in [-0.25, -0.2) is 0 Å². The Kier molecular flexibility index (Phi) is 3.65. The van der Waals surface area contributed by atoms with Gasteiger partial charge in [0.1, 0.15) is 5.75 Å². The molecule has 2 unspecified atom stereocenters. The summed E-state index contributed by atoms with van der Waals surface area (Å²) in [5.41, 5.74) is 1.25. The lowest BCUT2D eigenvalue weighted by molar-refractivity contribution is 0.353. The van der Waals surface area contributed by atoms with Gasteiger partial charge in [0.05, 0.1) is 12.8 Å². The van der Waals surface area contributed by atoms with Crippen LogP contribution in [0.3, 0.4) is 0 Å². The average Bonchev–Trinajstić information content (AvgIpc) is 3.31. The standard InChI is InChI=1S/C16H24N2O/c1-3-13-10-17-14(12-8-9-12)11-18(13)15-6-4-5-7-16(15)19-2/h4-7,12-14,17H,3,8-11H2,1-2H3. The number of nitrogens with one attached hydrogen (secondary N) is 1. The molecule has 0 aromatic heterocycles. The molecule has 1 heterocycles. The number of methoxy groups -OCH3 is 1. The largest absolute Gasteiger partial charge is 0.495 e. The number of benzene rings is 1. The van der Waals surface area contributed by atoms with Crippen LogP contribution in [0.1, 0.15) is 26.2 Å². The second-order valence-electron chi connectivity index (χ2n) is 5.74. The van der Waals surface area contributed by atoms with Crippen molar-refractivity contribution >= 4 is 5.69 Å². The van der Waals surface area contributed by atoms with Crippen molar-refractivity contribution < 1.29 is 4.74 Å². The Balaban J connectivity index is 1.85. The van der Waals surface area contributed by atoms with Gasteiger partial charge in [0, 0.05) is 25.2 Å². The second kappa shape index (κ2) is 5.41. The van der Waals surface area contributed by atoms with Crippen molar-refractivity contribution in [1.29, 1.82) is 0 Å². The molecule has 1 N–H and O–H groups in total. The van der Waals surface area contributed by atoms with Gasteiger partial charge in [0.25, 0.3) is 0 Å². The Hall–Kier alpha value is -1.22. The number of anilines is 1. The van der Waals surface area contributed by atoms with Crippen LogP contribution in [0.25, 0.3) is 0 Å². The molecular formula is C16H24N2O. The van der Waals surface area contributed by atoms with E-state index in [0.717, 1.165) is 24.8 Å². The van der Waals surface area contributed by atoms with E-state index < -0.39 is 0 Å². The molecule has 1 saturated heterocycles. The summed E-state index contributed by atoms with van der Waals surface area (Å²) in [6, 6.07) is 9.65. The molecular weight excluding hydrogens is 236 g/mol. The molecule has 0 spiro atoms. The van der Waals surface area contributed by atoms with Gasteiger partial charge in [-0.15, -0.1) is 0 Å². The van der Waals surface area contributed by atoms with E-state index in [0.29, 0.717) is 12.1 Å². The molecule has 1 aliphatic carbocycles. The fourth-order valence-electron chi connectivity index (χ4n) is 3.16. The van der Waals surface area contributed by atoms with Crippen molar-refractivity contribution in [2.75, 3.05) is 25.1 Å². The first kappa shape index (κ1) is 12.8. The first-order chi connectivity index (χ1) is 9.33. The zero-order valence-electron chi connectivity index (χ0n) is 11.9. The van der Waals surface area contributed by atoms with E-state index in [4.69, 9.17) is 4.74 Å². The Morgan fingerprint density at radius 3 is 2.79 bits per heavy atom. The molecule has 0 amide bonds. The van der Waals surface area contributed by atoms with Crippen molar-refractivity contribution in [2.45, 2.75) is 38.3 Å². The Bertz CT molecular complexity index is 431. The van der Waals surface area contributed by atoms with E-state index in [9.17, 15) is 0 Å². The maximum Gasteiger partial charge on any atom is 0.142 e. The molecule has 104 valence electrons. The molecule has 3 nitrogen and oxygen atoms in total. The van der Waals surface area contributed by atoms with Gasteiger partial charge in [-0.05, 0) is 37.3 Å². The zero-order chi connectivity index (χ0) is 13.2. The normalized spacial score (nSPS) is 27.4. The van der Waals surface area contributed by atoms with Crippen molar-refractivity contribution in [2.24, 2.45) is 5.92 Å². The van der Waals surface area contributed by atoms with E-state index in [2.05, 4.69) is 35.3 Å². The monoisotopic (exact) mass is 260 g/mol. The van der Waals surface area contributed by atoms with Crippen molar-refractivity contribution in [1.82, 2.24) is 5.32 Å². The number of hydrogen-bond donors (Lipinski definition) is 1. The van der Waals surface area contributed by atoms with Gasteiger partial charge in [-0.1, -0.05) is 19.1 Å². The van der Waals surface area contributed by atoms with Gasteiger partial charge in [0.2, 0.25) is 0 Å². The van der Waals surface area contributed by atoms with Crippen LogP contribution in [0.5, 0.6) is 5.75 Å². The van der Waals surface area contributed by atoms with Crippen LogP contribution in [0, 0.1) is 5.92 Å². The molecule has 0 radical (unpaired) electrons. The third-order valence-corrected chi connectivity index (χ3v) is 4.51. The van der Waals surface area contributed by atoms with E-state index in [1.807, 2.05) is 6.07 Å². The Morgan fingerprint density at radius 2 is 2.11 bits per heavy atom. The Labute approximate surface area is 115 Å². The average molecular weight is 260 g/mol. The molecule has 3 rings (SSSR count). The summed E-state index contributed by atoms with van der Waals surface area (Å²) in [5.74, 6) is 1.90. The highest BCUT2D eigenvalue weighted by Gasteiger charge is 2.37. The third kappa shape index (κ3) is 2.57. The molecule has 2 fully saturated rings. The molecule has 1 aromatic carbocycles. The molecule has 19 heavy (non-hydrogen) atoms. The summed E-state index contributed by atoms with van der Waals surface area (Å²) in [6.07, 6.45) is 3.96. The summed E-state index contributed by atoms with van der Waals surface area (Å²) in [6.45, 7) is 4.48. The van der Waals surface area contributed by atoms with Crippen LogP contribution in [0.15, 0.2) is 24.3 Å². The minimum Gasteiger partial charge on any atom is -0.495 e. The molecule has 2 atom stereocenters. The van der Waals surface area contributed by atoms with E-state index in [1.54, 1.807) is 7.11 Å². The van der Waals surface area contributed by atoms with Crippen LogP contribution >= 0.6 is 0 Å². The molecule has 0 bridgehead atoms. The number of nitrogens with zero attached hydrogens (tertiary/aromatic N) is 1. The van der Waals surface area contributed by atoms with E-state index in [-0.39, 0.29) is 0 Å². The minimum atomic E-state index is 0.575. The topological polar surface area (TPSA) is 24.5 Å². The molecule has 1 aliphatic heterocycles. The molecule has 1 aromatic rings. The number of rotatable bonds is 4. The van der Waals surface area contributed by atoms with Gasteiger partial charge in [-0.3, -0.25) is 0 Å². The fraction of sp³-hybridized carbons (Fsp3) is 0.625. The molecule has 1 saturated carbocycles. The predicted molar refractivity (Wildman–Crippen MR) is 78.9 cm³/mol. The maximum atomic E-state index is 5.54. The highest BCUT2D eigenvalue weighted by Crippen LogP contribution is 2.37. The van der Waals surface area contributed by atoms with Crippen LogP contribution in [-0.4, -0.2) is 32.3 Å². The Morgan fingerprint density at radius 1 is 1.32 bits per heavy atom. The number of piperazine rings is 1.